The molecular formula is C19H22N2O. The van der Waals surface area contributed by atoms with Gasteiger partial charge in [-0.05, 0) is 54.5 Å². The molecule has 1 aliphatic rings. The number of amides is 1. The predicted molar refractivity (Wildman–Crippen MR) is 89.7 cm³/mol. The molecule has 3 N–H and O–H groups in total. The van der Waals surface area contributed by atoms with Gasteiger partial charge in [0.05, 0.1) is 5.92 Å². The standard InChI is InChI=1S/C19H22N2O/c20-16-10-8-14(9-11-16)12-13-21-19(22)18-7-3-5-15-4-1-2-6-17(15)18/h1-2,4,6,8-11,18H,3,5,7,12-13,20H2,(H,21,22). The molecular weight excluding hydrogens is 272 g/mol. The Bertz CT molecular complexity index is 649. The van der Waals surface area contributed by atoms with Crippen molar-refractivity contribution < 1.29 is 4.79 Å². The second kappa shape index (κ2) is 6.65. The van der Waals surface area contributed by atoms with Crippen molar-refractivity contribution >= 4 is 11.6 Å². The van der Waals surface area contributed by atoms with Crippen LogP contribution in [0.15, 0.2) is 48.5 Å². The third-order valence-corrected chi connectivity index (χ3v) is 4.38. The molecule has 0 bridgehead atoms. The minimum atomic E-state index is 0.0105. The monoisotopic (exact) mass is 294 g/mol. The molecule has 0 aromatic heterocycles. The Morgan fingerprint density at radius 3 is 2.73 bits per heavy atom. The number of hydrogen-bond acceptors (Lipinski definition) is 2. The van der Waals surface area contributed by atoms with E-state index in [1.165, 1.54) is 16.7 Å². The fraction of sp³-hybridized carbons (Fsp3) is 0.316. The van der Waals surface area contributed by atoms with E-state index in [1.807, 2.05) is 30.3 Å². The van der Waals surface area contributed by atoms with Crippen LogP contribution in [0.5, 0.6) is 0 Å². The van der Waals surface area contributed by atoms with Crippen LogP contribution in [-0.4, -0.2) is 12.5 Å². The van der Waals surface area contributed by atoms with Crippen LogP contribution in [-0.2, 0) is 17.6 Å². The number of rotatable bonds is 4. The Balaban J connectivity index is 1.58. The summed E-state index contributed by atoms with van der Waals surface area (Å²) in [5, 5.41) is 3.09. The molecule has 1 amide bonds. The highest BCUT2D eigenvalue weighted by atomic mass is 16.1. The molecule has 0 fully saturated rings. The van der Waals surface area contributed by atoms with Gasteiger partial charge in [-0.25, -0.2) is 0 Å². The maximum atomic E-state index is 12.5. The molecule has 1 atom stereocenters. The lowest BCUT2D eigenvalue weighted by atomic mass is 9.82. The third kappa shape index (κ3) is 3.30. The average molecular weight is 294 g/mol. The topological polar surface area (TPSA) is 55.1 Å². The van der Waals surface area contributed by atoms with Gasteiger partial charge >= 0.3 is 0 Å². The van der Waals surface area contributed by atoms with Gasteiger partial charge in [-0.3, -0.25) is 4.79 Å². The Hall–Kier alpha value is -2.29. The number of aryl methyl sites for hydroxylation is 1. The summed E-state index contributed by atoms with van der Waals surface area (Å²) in [7, 11) is 0. The molecule has 0 saturated heterocycles. The van der Waals surface area contributed by atoms with Crippen molar-refractivity contribution in [2.75, 3.05) is 12.3 Å². The van der Waals surface area contributed by atoms with Crippen LogP contribution in [0.25, 0.3) is 0 Å². The van der Waals surface area contributed by atoms with Crippen LogP contribution in [0.2, 0.25) is 0 Å². The van der Waals surface area contributed by atoms with Crippen LogP contribution >= 0.6 is 0 Å². The summed E-state index contributed by atoms with van der Waals surface area (Å²) in [6.45, 7) is 0.668. The Labute approximate surface area is 131 Å². The van der Waals surface area contributed by atoms with Gasteiger partial charge in [0.25, 0.3) is 0 Å². The highest BCUT2D eigenvalue weighted by Crippen LogP contribution is 2.31. The van der Waals surface area contributed by atoms with E-state index in [1.54, 1.807) is 0 Å². The fourth-order valence-corrected chi connectivity index (χ4v) is 3.16. The first-order valence-corrected chi connectivity index (χ1v) is 7.94. The van der Waals surface area contributed by atoms with Crippen LogP contribution < -0.4 is 11.1 Å². The van der Waals surface area contributed by atoms with Crippen molar-refractivity contribution in [3.05, 3.63) is 65.2 Å². The molecule has 3 rings (SSSR count). The second-order valence-electron chi connectivity index (χ2n) is 5.93. The minimum Gasteiger partial charge on any atom is -0.399 e. The zero-order chi connectivity index (χ0) is 15.4. The second-order valence-corrected chi connectivity index (χ2v) is 5.93. The number of carbonyl (C=O) groups is 1. The molecule has 22 heavy (non-hydrogen) atoms. The predicted octanol–water partition coefficient (Wildman–Crippen LogP) is 3.05. The first-order valence-electron chi connectivity index (χ1n) is 7.94. The summed E-state index contributed by atoms with van der Waals surface area (Å²) in [4.78, 5) is 12.5. The normalized spacial score (nSPS) is 16.8. The van der Waals surface area contributed by atoms with Crippen LogP contribution in [0.3, 0.4) is 0 Å². The zero-order valence-electron chi connectivity index (χ0n) is 12.7. The molecule has 0 spiro atoms. The Morgan fingerprint density at radius 1 is 1.14 bits per heavy atom. The van der Waals surface area contributed by atoms with Gasteiger partial charge in [0.2, 0.25) is 5.91 Å². The summed E-state index contributed by atoms with van der Waals surface area (Å²) < 4.78 is 0. The third-order valence-electron chi connectivity index (χ3n) is 4.38. The number of fused-ring (bicyclic) bond motifs is 1. The number of anilines is 1. The van der Waals surface area contributed by atoms with Crippen molar-refractivity contribution in [3.8, 4) is 0 Å². The first kappa shape index (κ1) is 14.6. The van der Waals surface area contributed by atoms with Gasteiger partial charge in [0.15, 0.2) is 0 Å². The molecule has 2 aromatic rings. The number of benzene rings is 2. The number of hydrogen-bond donors (Lipinski definition) is 2. The lowest BCUT2D eigenvalue weighted by Crippen LogP contribution is -2.32. The first-order chi connectivity index (χ1) is 10.7. The highest BCUT2D eigenvalue weighted by Gasteiger charge is 2.25. The minimum absolute atomic E-state index is 0.0105. The number of nitrogens with two attached hydrogens (primary N) is 1. The van der Waals surface area contributed by atoms with Crippen molar-refractivity contribution in [3.63, 3.8) is 0 Å². The molecule has 0 heterocycles. The quantitative estimate of drug-likeness (QED) is 0.852. The zero-order valence-corrected chi connectivity index (χ0v) is 12.7. The molecule has 0 saturated carbocycles. The lowest BCUT2D eigenvalue weighted by Gasteiger charge is -2.24. The largest absolute Gasteiger partial charge is 0.399 e. The number of nitrogens with one attached hydrogen (secondary N) is 1. The molecule has 1 aliphatic carbocycles. The van der Waals surface area contributed by atoms with Gasteiger partial charge < -0.3 is 11.1 Å². The van der Waals surface area contributed by atoms with E-state index in [4.69, 9.17) is 5.73 Å². The van der Waals surface area contributed by atoms with Crippen LogP contribution in [0.1, 0.15) is 35.4 Å². The van der Waals surface area contributed by atoms with Gasteiger partial charge in [0.1, 0.15) is 0 Å². The van der Waals surface area contributed by atoms with E-state index < -0.39 is 0 Å². The maximum Gasteiger partial charge on any atom is 0.227 e. The molecule has 1 unspecified atom stereocenters. The van der Waals surface area contributed by atoms with E-state index in [0.29, 0.717) is 6.54 Å². The Morgan fingerprint density at radius 2 is 1.91 bits per heavy atom. The van der Waals surface area contributed by atoms with Gasteiger partial charge in [-0.15, -0.1) is 0 Å². The molecule has 2 aromatic carbocycles. The molecule has 3 nitrogen and oxygen atoms in total. The summed E-state index contributed by atoms with van der Waals surface area (Å²) in [5.41, 5.74) is 10.2. The SMILES string of the molecule is Nc1ccc(CCNC(=O)C2CCCc3ccccc32)cc1. The van der Waals surface area contributed by atoms with Crippen LogP contribution in [0, 0.1) is 0 Å². The van der Waals surface area contributed by atoms with Crippen molar-refractivity contribution in [2.45, 2.75) is 31.6 Å². The lowest BCUT2D eigenvalue weighted by molar-refractivity contribution is -0.122. The van der Waals surface area contributed by atoms with E-state index in [0.717, 1.165) is 31.4 Å². The van der Waals surface area contributed by atoms with Crippen LogP contribution in [0.4, 0.5) is 5.69 Å². The van der Waals surface area contributed by atoms with E-state index in [9.17, 15) is 4.79 Å². The average Bonchev–Trinajstić information content (AvgIpc) is 2.56. The molecule has 3 heteroatoms. The van der Waals surface area contributed by atoms with Crippen molar-refractivity contribution in [1.82, 2.24) is 5.32 Å². The smallest absolute Gasteiger partial charge is 0.227 e. The Kier molecular flexibility index (Phi) is 4.42. The maximum absolute atomic E-state index is 12.5. The number of carbonyl (C=O) groups excluding carboxylic acids is 1. The molecule has 114 valence electrons. The highest BCUT2D eigenvalue weighted by molar-refractivity contribution is 5.84. The van der Waals surface area contributed by atoms with E-state index in [-0.39, 0.29) is 11.8 Å². The summed E-state index contributed by atoms with van der Waals surface area (Å²) >= 11 is 0. The fourth-order valence-electron chi connectivity index (χ4n) is 3.16. The van der Waals surface area contributed by atoms with Gasteiger partial charge in [-0.2, -0.15) is 0 Å². The molecule has 0 aliphatic heterocycles. The van der Waals surface area contributed by atoms with Crippen molar-refractivity contribution in [1.29, 1.82) is 0 Å². The van der Waals surface area contributed by atoms with Crippen molar-refractivity contribution in [2.24, 2.45) is 0 Å². The summed E-state index contributed by atoms with van der Waals surface area (Å²) in [5.74, 6) is 0.166. The van der Waals surface area contributed by atoms with E-state index >= 15 is 0 Å². The number of nitrogen functional groups attached to an aromatic ring is 1. The molecule has 0 radical (unpaired) electrons. The summed E-state index contributed by atoms with van der Waals surface area (Å²) in [6.07, 6.45) is 3.96. The van der Waals surface area contributed by atoms with Gasteiger partial charge in [-0.1, -0.05) is 36.4 Å². The summed E-state index contributed by atoms with van der Waals surface area (Å²) in [6, 6.07) is 16.1. The van der Waals surface area contributed by atoms with E-state index in [2.05, 4.69) is 23.5 Å². The van der Waals surface area contributed by atoms with Gasteiger partial charge in [0, 0.05) is 12.2 Å².